The minimum absolute atomic E-state index is 0.114. The van der Waals surface area contributed by atoms with E-state index in [1.807, 2.05) is 42.5 Å². The lowest BCUT2D eigenvalue weighted by atomic mass is 10.1. The van der Waals surface area contributed by atoms with Gasteiger partial charge in [0, 0.05) is 30.0 Å². The first-order valence-corrected chi connectivity index (χ1v) is 9.84. The first-order valence-electron chi connectivity index (χ1n) is 8.96. The van der Waals surface area contributed by atoms with Crippen LogP contribution in [0, 0.1) is 0 Å². The van der Waals surface area contributed by atoms with Gasteiger partial charge in [-0.1, -0.05) is 30.3 Å². The molecule has 5 heteroatoms. The van der Waals surface area contributed by atoms with Crippen molar-refractivity contribution in [3.63, 3.8) is 0 Å². The zero-order valence-electron chi connectivity index (χ0n) is 14.5. The topological polar surface area (TPSA) is 45.2 Å². The number of anilines is 2. The molecule has 0 aliphatic carbocycles. The Morgan fingerprint density at radius 1 is 0.962 bits per heavy atom. The van der Waals surface area contributed by atoms with E-state index in [9.17, 15) is 4.79 Å². The first-order chi connectivity index (χ1) is 12.8. The summed E-state index contributed by atoms with van der Waals surface area (Å²) in [5.41, 5.74) is 5.45. The summed E-state index contributed by atoms with van der Waals surface area (Å²) >= 11 is 1.37. The van der Waals surface area contributed by atoms with Gasteiger partial charge in [0.05, 0.1) is 11.2 Å². The van der Waals surface area contributed by atoms with E-state index in [2.05, 4.69) is 27.3 Å². The van der Waals surface area contributed by atoms with Gasteiger partial charge in [0.2, 0.25) is 0 Å². The van der Waals surface area contributed by atoms with E-state index in [0.717, 1.165) is 30.0 Å². The second-order valence-corrected chi connectivity index (χ2v) is 7.30. The maximum atomic E-state index is 12.7. The third-order valence-corrected chi connectivity index (χ3v) is 5.49. The summed E-state index contributed by atoms with van der Waals surface area (Å²) in [6.45, 7) is 2.24. The molecule has 132 valence electrons. The Morgan fingerprint density at radius 3 is 2.42 bits per heavy atom. The monoisotopic (exact) mass is 363 g/mol. The molecule has 0 spiro atoms. The Kier molecular flexibility index (Phi) is 4.97. The number of amides is 1. The number of carbonyl (C=O) groups is 1. The zero-order chi connectivity index (χ0) is 17.8. The molecule has 0 atom stereocenters. The van der Waals surface area contributed by atoms with Crippen LogP contribution in [-0.2, 0) is 0 Å². The van der Waals surface area contributed by atoms with Gasteiger partial charge in [-0.05, 0) is 43.5 Å². The number of aromatic nitrogens is 1. The number of piperidine rings is 1. The van der Waals surface area contributed by atoms with E-state index in [1.165, 1.54) is 36.3 Å². The van der Waals surface area contributed by atoms with E-state index in [-0.39, 0.29) is 5.91 Å². The zero-order valence-corrected chi connectivity index (χ0v) is 15.3. The molecular formula is C21H21N3OS. The first kappa shape index (κ1) is 16.8. The van der Waals surface area contributed by atoms with Crippen molar-refractivity contribution in [1.82, 2.24) is 4.98 Å². The molecule has 2 aromatic carbocycles. The third kappa shape index (κ3) is 3.63. The molecule has 3 aromatic rings. The fourth-order valence-corrected chi connectivity index (χ4v) is 4.01. The van der Waals surface area contributed by atoms with Crippen LogP contribution in [0.15, 0.2) is 60.1 Å². The minimum Gasteiger partial charge on any atom is -0.372 e. The summed E-state index contributed by atoms with van der Waals surface area (Å²) in [5.74, 6) is -0.114. The average molecular weight is 363 g/mol. The highest BCUT2D eigenvalue weighted by Crippen LogP contribution is 2.27. The van der Waals surface area contributed by atoms with Crippen molar-refractivity contribution in [2.24, 2.45) is 0 Å². The van der Waals surface area contributed by atoms with Crippen molar-refractivity contribution < 1.29 is 4.79 Å². The molecule has 1 aromatic heterocycles. The Morgan fingerprint density at radius 2 is 1.69 bits per heavy atom. The molecule has 4 rings (SSSR count). The van der Waals surface area contributed by atoms with Crippen LogP contribution >= 0.6 is 11.3 Å². The number of rotatable bonds is 4. The second kappa shape index (κ2) is 7.70. The van der Waals surface area contributed by atoms with E-state index in [1.54, 1.807) is 5.51 Å². The van der Waals surface area contributed by atoms with E-state index < -0.39 is 0 Å². The van der Waals surface area contributed by atoms with Crippen molar-refractivity contribution in [3.8, 4) is 11.3 Å². The van der Waals surface area contributed by atoms with Gasteiger partial charge in [-0.2, -0.15) is 0 Å². The largest absolute Gasteiger partial charge is 0.372 e. The lowest BCUT2D eigenvalue weighted by Gasteiger charge is -2.28. The van der Waals surface area contributed by atoms with Gasteiger partial charge in [0.15, 0.2) is 0 Å². The van der Waals surface area contributed by atoms with Gasteiger partial charge in [0.1, 0.15) is 4.88 Å². The lowest BCUT2D eigenvalue weighted by molar-refractivity contribution is 0.103. The SMILES string of the molecule is O=C(Nc1ccc(N2CCCCC2)cc1)c1scnc1-c1ccccc1. The Bertz CT molecular complexity index is 868. The predicted octanol–water partition coefficient (Wildman–Crippen LogP) is 5.05. The summed E-state index contributed by atoms with van der Waals surface area (Å²) in [5, 5.41) is 3.00. The fraction of sp³-hybridized carbons (Fsp3) is 0.238. The highest BCUT2D eigenvalue weighted by atomic mass is 32.1. The summed E-state index contributed by atoms with van der Waals surface area (Å²) in [7, 11) is 0. The summed E-state index contributed by atoms with van der Waals surface area (Å²) in [4.78, 5) is 20.1. The molecule has 26 heavy (non-hydrogen) atoms. The van der Waals surface area contributed by atoms with Crippen LogP contribution in [0.5, 0.6) is 0 Å². The fourth-order valence-electron chi connectivity index (χ4n) is 3.30. The molecule has 1 aliphatic heterocycles. The molecule has 2 heterocycles. The van der Waals surface area contributed by atoms with E-state index in [4.69, 9.17) is 0 Å². The molecular weight excluding hydrogens is 342 g/mol. The van der Waals surface area contributed by atoms with Crippen LogP contribution in [-0.4, -0.2) is 24.0 Å². The molecule has 1 saturated heterocycles. The Balaban J connectivity index is 1.48. The van der Waals surface area contributed by atoms with Crippen LogP contribution in [0.2, 0.25) is 0 Å². The van der Waals surface area contributed by atoms with Gasteiger partial charge >= 0.3 is 0 Å². The maximum Gasteiger partial charge on any atom is 0.268 e. The Labute approximate surface area is 157 Å². The van der Waals surface area contributed by atoms with Gasteiger partial charge in [0.25, 0.3) is 5.91 Å². The smallest absolute Gasteiger partial charge is 0.268 e. The van der Waals surface area contributed by atoms with Crippen LogP contribution in [0.3, 0.4) is 0 Å². The number of carbonyl (C=O) groups excluding carboxylic acids is 1. The van der Waals surface area contributed by atoms with Crippen LogP contribution in [0.4, 0.5) is 11.4 Å². The van der Waals surface area contributed by atoms with Gasteiger partial charge < -0.3 is 10.2 Å². The highest BCUT2D eigenvalue weighted by Gasteiger charge is 2.17. The normalized spacial score (nSPS) is 14.2. The molecule has 1 fully saturated rings. The molecule has 0 saturated carbocycles. The standard InChI is InChI=1S/C21H21N3OS/c25-21(20-19(22-15-26-20)16-7-3-1-4-8-16)23-17-9-11-18(12-10-17)24-13-5-2-6-14-24/h1,3-4,7-12,15H,2,5-6,13-14H2,(H,23,25). The molecule has 1 N–H and O–H groups in total. The van der Waals surface area contributed by atoms with Crippen LogP contribution in [0.25, 0.3) is 11.3 Å². The quantitative estimate of drug-likeness (QED) is 0.705. The van der Waals surface area contributed by atoms with Gasteiger partial charge in [-0.3, -0.25) is 4.79 Å². The second-order valence-electron chi connectivity index (χ2n) is 6.44. The Hall–Kier alpha value is -2.66. The molecule has 1 amide bonds. The predicted molar refractivity (Wildman–Crippen MR) is 108 cm³/mol. The average Bonchev–Trinajstić information content (AvgIpc) is 3.20. The molecule has 4 nitrogen and oxygen atoms in total. The minimum atomic E-state index is -0.114. The van der Waals surface area contributed by atoms with Crippen molar-refractivity contribution in [2.75, 3.05) is 23.3 Å². The van der Waals surface area contributed by atoms with Crippen molar-refractivity contribution in [1.29, 1.82) is 0 Å². The van der Waals surface area contributed by atoms with Crippen molar-refractivity contribution in [3.05, 3.63) is 65.0 Å². The van der Waals surface area contributed by atoms with Gasteiger partial charge in [-0.15, -0.1) is 11.3 Å². The molecule has 0 radical (unpaired) electrons. The van der Waals surface area contributed by atoms with Crippen LogP contribution in [0.1, 0.15) is 28.9 Å². The van der Waals surface area contributed by atoms with Crippen molar-refractivity contribution in [2.45, 2.75) is 19.3 Å². The molecule has 0 unspecified atom stereocenters. The van der Waals surface area contributed by atoms with Gasteiger partial charge in [-0.25, -0.2) is 4.98 Å². The molecule has 0 bridgehead atoms. The number of nitrogens with zero attached hydrogens (tertiary/aromatic N) is 2. The molecule has 1 aliphatic rings. The summed E-state index contributed by atoms with van der Waals surface area (Å²) in [6.07, 6.45) is 3.83. The number of thiazole rings is 1. The number of benzene rings is 2. The van der Waals surface area contributed by atoms with Crippen molar-refractivity contribution >= 4 is 28.6 Å². The summed E-state index contributed by atoms with van der Waals surface area (Å²) < 4.78 is 0. The number of hydrogen-bond acceptors (Lipinski definition) is 4. The third-order valence-electron chi connectivity index (χ3n) is 4.67. The number of nitrogens with one attached hydrogen (secondary N) is 1. The number of hydrogen-bond donors (Lipinski definition) is 1. The van der Waals surface area contributed by atoms with E-state index in [0.29, 0.717) is 4.88 Å². The highest BCUT2D eigenvalue weighted by molar-refractivity contribution is 7.12. The lowest BCUT2D eigenvalue weighted by Crippen LogP contribution is -2.29. The maximum absolute atomic E-state index is 12.7. The summed E-state index contributed by atoms with van der Waals surface area (Å²) in [6, 6.07) is 17.9. The van der Waals surface area contributed by atoms with E-state index >= 15 is 0 Å². The van der Waals surface area contributed by atoms with Crippen LogP contribution < -0.4 is 10.2 Å².